The van der Waals surface area contributed by atoms with Crippen molar-refractivity contribution in [2.75, 3.05) is 0 Å². The van der Waals surface area contributed by atoms with Gasteiger partial charge in [-0.2, -0.15) is 0 Å². The molecule has 3 aromatic rings. The van der Waals surface area contributed by atoms with E-state index in [9.17, 15) is 10.2 Å². The summed E-state index contributed by atoms with van der Waals surface area (Å²) in [5.41, 5.74) is 2.93. The molecule has 0 saturated carbocycles. The lowest BCUT2D eigenvalue weighted by Gasteiger charge is -2.27. The number of hydrogen-bond acceptors (Lipinski definition) is 4. The van der Waals surface area contributed by atoms with E-state index in [1.807, 2.05) is 54.6 Å². The van der Waals surface area contributed by atoms with Crippen molar-refractivity contribution in [3.05, 3.63) is 83.4 Å². The molecular weight excluding hydrogens is 328 g/mol. The molecular formula is C22H20O4. The topological polar surface area (TPSA) is 58.9 Å². The fourth-order valence-electron chi connectivity index (χ4n) is 3.21. The fraction of sp³-hybridized carbons (Fsp3) is 0.182. The molecule has 26 heavy (non-hydrogen) atoms. The molecule has 0 fully saturated rings. The van der Waals surface area contributed by atoms with Crippen LogP contribution in [-0.4, -0.2) is 10.2 Å². The molecule has 132 valence electrons. The summed E-state index contributed by atoms with van der Waals surface area (Å²) < 4.78 is 11.8. The van der Waals surface area contributed by atoms with Crippen molar-refractivity contribution in [1.82, 2.24) is 0 Å². The summed E-state index contributed by atoms with van der Waals surface area (Å²) in [6.07, 6.45) is 1.38. The molecule has 0 radical (unpaired) electrons. The zero-order valence-corrected chi connectivity index (χ0v) is 14.3. The maximum absolute atomic E-state index is 9.93. The number of benzene rings is 3. The second-order valence-electron chi connectivity index (χ2n) is 6.43. The van der Waals surface area contributed by atoms with E-state index in [2.05, 4.69) is 0 Å². The van der Waals surface area contributed by atoms with E-state index in [0.29, 0.717) is 18.8 Å². The number of aromatic hydroxyl groups is 2. The Morgan fingerprint density at radius 2 is 1.73 bits per heavy atom. The van der Waals surface area contributed by atoms with E-state index in [1.54, 1.807) is 6.07 Å². The molecule has 0 aromatic heterocycles. The molecule has 0 amide bonds. The van der Waals surface area contributed by atoms with Crippen molar-refractivity contribution in [1.29, 1.82) is 0 Å². The third kappa shape index (κ3) is 3.45. The Labute approximate surface area is 152 Å². The first-order valence-corrected chi connectivity index (χ1v) is 8.67. The molecule has 0 aliphatic carbocycles. The minimum Gasteiger partial charge on any atom is -0.508 e. The first kappa shape index (κ1) is 16.3. The summed E-state index contributed by atoms with van der Waals surface area (Å²) in [7, 11) is 0. The van der Waals surface area contributed by atoms with Gasteiger partial charge in [-0.05, 0) is 36.1 Å². The monoisotopic (exact) mass is 348 g/mol. The van der Waals surface area contributed by atoms with Crippen LogP contribution in [0.4, 0.5) is 0 Å². The number of fused-ring (bicyclic) bond motifs is 1. The number of hydrogen-bond donors (Lipinski definition) is 2. The molecule has 4 heteroatoms. The zero-order valence-electron chi connectivity index (χ0n) is 14.3. The highest BCUT2D eigenvalue weighted by atomic mass is 16.5. The first-order valence-electron chi connectivity index (χ1n) is 8.67. The molecule has 2 N–H and O–H groups in total. The zero-order chi connectivity index (χ0) is 17.9. The van der Waals surface area contributed by atoms with E-state index in [4.69, 9.17) is 9.47 Å². The maximum atomic E-state index is 9.93. The Balaban J connectivity index is 1.44. The van der Waals surface area contributed by atoms with Gasteiger partial charge in [0, 0.05) is 17.7 Å². The Bertz CT molecular complexity index is 888. The van der Waals surface area contributed by atoms with Gasteiger partial charge in [-0.15, -0.1) is 0 Å². The molecule has 1 unspecified atom stereocenters. The molecule has 0 saturated heterocycles. The van der Waals surface area contributed by atoms with Crippen molar-refractivity contribution in [2.45, 2.75) is 25.6 Å². The molecule has 1 aliphatic rings. The largest absolute Gasteiger partial charge is 0.508 e. The molecule has 0 spiro atoms. The van der Waals surface area contributed by atoms with Crippen LogP contribution in [0.3, 0.4) is 0 Å². The lowest BCUT2D eigenvalue weighted by atomic mass is 9.96. The highest BCUT2D eigenvalue weighted by Gasteiger charge is 2.24. The first-order chi connectivity index (χ1) is 12.7. The van der Waals surface area contributed by atoms with Gasteiger partial charge in [-0.25, -0.2) is 0 Å². The predicted octanol–water partition coefficient (Wildman–Crippen LogP) is 4.74. The van der Waals surface area contributed by atoms with Crippen LogP contribution in [0.15, 0.2) is 66.7 Å². The smallest absolute Gasteiger partial charge is 0.130 e. The number of phenols is 2. The summed E-state index contributed by atoms with van der Waals surface area (Å²) >= 11 is 0. The summed E-state index contributed by atoms with van der Waals surface area (Å²) in [4.78, 5) is 0. The standard InChI is InChI=1S/C22H20O4/c23-17-12-20(24)19-10-11-21(26-22(19)13-17)16-6-8-18(9-7-16)25-14-15-4-2-1-3-5-15/h1-9,12-13,21,23-24H,10-11,14H2. The van der Waals surface area contributed by atoms with Gasteiger partial charge in [-0.3, -0.25) is 0 Å². The molecule has 1 heterocycles. The predicted molar refractivity (Wildman–Crippen MR) is 98.7 cm³/mol. The van der Waals surface area contributed by atoms with Crippen LogP contribution in [0.1, 0.15) is 29.2 Å². The summed E-state index contributed by atoms with van der Waals surface area (Å²) in [6, 6.07) is 20.8. The van der Waals surface area contributed by atoms with Gasteiger partial charge in [0.05, 0.1) is 0 Å². The fourth-order valence-corrected chi connectivity index (χ4v) is 3.21. The molecule has 3 aromatic carbocycles. The third-order valence-corrected chi connectivity index (χ3v) is 4.60. The molecule has 0 bridgehead atoms. The maximum Gasteiger partial charge on any atom is 0.130 e. The number of phenolic OH excluding ortho intramolecular Hbond substituents is 2. The molecule has 4 rings (SSSR count). The van der Waals surface area contributed by atoms with E-state index in [-0.39, 0.29) is 17.6 Å². The second-order valence-corrected chi connectivity index (χ2v) is 6.43. The van der Waals surface area contributed by atoms with E-state index in [0.717, 1.165) is 28.9 Å². The van der Waals surface area contributed by atoms with E-state index in [1.165, 1.54) is 6.07 Å². The van der Waals surface area contributed by atoms with Crippen LogP contribution in [0.2, 0.25) is 0 Å². The average molecular weight is 348 g/mol. The van der Waals surface area contributed by atoms with Gasteiger partial charge in [0.2, 0.25) is 0 Å². The van der Waals surface area contributed by atoms with Gasteiger partial charge in [0.25, 0.3) is 0 Å². The van der Waals surface area contributed by atoms with Crippen LogP contribution < -0.4 is 9.47 Å². The van der Waals surface area contributed by atoms with Gasteiger partial charge >= 0.3 is 0 Å². The van der Waals surface area contributed by atoms with Crippen molar-refractivity contribution < 1.29 is 19.7 Å². The van der Waals surface area contributed by atoms with Crippen LogP contribution in [-0.2, 0) is 13.0 Å². The van der Waals surface area contributed by atoms with Crippen molar-refractivity contribution in [3.63, 3.8) is 0 Å². The van der Waals surface area contributed by atoms with E-state index < -0.39 is 0 Å². The highest BCUT2D eigenvalue weighted by molar-refractivity contribution is 5.51. The van der Waals surface area contributed by atoms with Gasteiger partial charge in [0.1, 0.15) is 35.7 Å². The quantitative estimate of drug-likeness (QED) is 0.715. The summed E-state index contributed by atoms with van der Waals surface area (Å²) in [6.45, 7) is 0.534. The van der Waals surface area contributed by atoms with Crippen molar-refractivity contribution in [3.8, 4) is 23.0 Å². The Morgan fingerprint density at radius 3 is 2.50 bits per heavy atom. The van der Waals surface area contributed by atoms with Gasteiger partial charge in [-0.1, -0.05) is 42.5 Å². The normalized spacial score (nSPS) is 15.8. The lowest BCUT2D eigenvalue weighted by molar-refractivity contribution is 0.174. The van der Waals surface area contributed by atoms with Crippen LogP contribution in [0.5, 0.6) is 23.0 Å². The Morgan fingerprint density at radius 1 is 0.962 bits per heavy atom. The number of ether oxygens (including phenoxy) is 2. The minimum absolute atomic E-state index is 0.00607. The lowest BCUT2D eigenvalue weighted by Crippen LogP contribution is -2.15. The molecule has 1 atom stereocenters. The second kappa shape index (κ2) is 7.00. The number of rotatable bonds is 4. The molecule has 1 aliphatic heterocycles. The summed E-state index contributed by atoms with van der Waals surface area (Å²) in [5.74, 6) is 1.45. The van der Waals surface area contributed by atoms with Crippen molar-refractivity contribution in [2.24, 2.45) is 0 Å². The Hall–Kier alpha value is -3.14. The van der Waals surface area contributed by atoms with Crippen LogP contribution in [0.25, 0.3) is 0 Å². The van der Waals surface area contributed by atoms with Gasteiger partial charge < -0.3 is 19.7 Å². The SMILES string of the molecule is Oc1cc(O)c2c(c1)OC(c1ccc(OCc3ccccc3)cc1)CC2. The van der Waals surface area contributed by atoms with Crippen LogP contribution in [0, 0.1) is 0 Å². The summed E-state index contributed by atoms with van der Waals surface area (Å²) in [5, 5.41) is 19.6. The highest BCUT2D eigenvalue weighted by Crippen LogP contribution is 2.41. The average Bonchev–Trinajstić information content (AvgIpc) is 2.67. The Kier molecular flexibility index (Phi) is 4.40. The van der Waals surface area contributed by atoms with Crippen LogP contribution >= 0.6 is 0 Å². The van der Waals surface area contributed by atoms with Crippen molar-refractivity contribution >= 4 is 0 Å². The third-order valence-electron chi connectivity index (χ3n) is 4.60. The van der Waals surface area contributed by atoms with Gasteiger partial charge in [0.15, 0.2) is 0 Å². The van der Waals surface area contributed by atoms with E-state index >= 15 is 0 Å². The minimum atomic E-state index is -0.105. The molecule has 4 nitrogen and oxygen atoms in total.